The number of nitrogens with zero attached hydrogens (tertiary/aromatic N) is 4. The molecule has 0 aromatic carbocycles. The second kappa shape index (κ2) is 6.70. The molecule has 0 aliphatic carbocycles. The number of rotatable bonds is 5. The van der Waals surface area contributed by atoms with Crippen molar-refractivity contribution in [2.45, 2.75) is 13.3 Å². The second-order valence-electron chi connectivity index (χ2n) is 5.39. The van der Waals surface area contributed by atoms with Gasteiger partial charge in [0.05, 0.1) is 11.9 Å². The minimum atomic E-state index is -0.146. The largest absolute Gasteiger partial charge is 0.302 e. The van der Waals surface area contributed by atoms with Gasteiger partial charge in [-0.15, -0.1) is 11.3 Å². The highest BCUT2D eigenvalue weighted by Gasteiger charge is 2.16. The predicted octanol–water partition coefficient (Wildman–Crippen LogP) is 2.76. The van der Waals surface area contributed by atoms with Crippen molar-refractivity contribution in [3.8, 4) is 11.3 Å². The number of nitrogens with one attached hydrogen (secondary N) is 1. The maximum Gasteiger partial charge on any atom is 0.229 e. The first-order valence-corrected chi connectivity index (χ1v) is 8.14. The standard InChI is InChI=1S/C16H17N5OS/c1-11(7-12-8-18-21(2)9-12)15(22)20-16-19-14(10-23-16)13-3-5-17-6-4-13/h3-6,8-11H,7H2,1-2H3,(H,19,20,22). The molecule has 1 atom stereocenters. The van der Waals surface area contributed by atoms with E-state index >= 15 is 0 Å². The first-order valence-electron chi connectivity index (χ1n) is 7.26. The van der Waals surface area contributed by atoms with Gasteiger partial charge in [0.2, 0.25) is 5.91 Å². The summed E-state index contributed by atoms with van der Waals surface area (Å²) >= 11 is 1.42. The van der Waals surface area contributed by atoms with E-state index in [4.69, 9.17) is 0 Å². The summed E-state index contributed by atoms with van der Waals surface area (Å²) in [6.07, 6.45) is 7.82. The molecule has 0 saturated carbocycles. The first-order chi connectivity index (χ1) is 11.1. The van der Waals surface area contributed by atoms with Crippen molar-refractivity contribution in [1.82, 2.24) is 19.7 Å². The Hall–Kier alpha value is -2.54. The normalized spacial score (nSPS) is 12.1. The molecule has 0 aliphatic heterocycles. The van der Waals surface area contributed by atoms with Crippen LogP contribution in [0.5, 0.6) is 0 Å². The van der Waals surface area contributed by atoms with Gasteiger partial charge in [-0.1, -0.05) is 6.92 Å². The number of aryl methyl sites for hydroxylation is 1. The molecule has 1 unspecified atom stereocenters. The number of hydrogen-bond donors (Lipinski definition) is 1. The van der Waals surface area contributed by atoms with Gasteiger partial charge >= 0.3 is 0 Å². The highest BCUT2D eigenvalue weighted by Crippen LogP contribution is 2.24. The van der Waals surface area contributed by atoms with Crippen LogP contribution in [0, 0.1) is 5.92 Å². The molecule has 1 N–H and O–H groups in total. The highest BCUT2D eigenvalue weighted by molar-refractivity contribution is 7.14. The van der Waals surface area contributed by atoms with Crippen LogP contribution in [-0.2, 0) is 18.3 Å². The maximum atomic E-state index is 12.3. The first kappa shape index (κ1) is 15.4. The van der Waals surface area contributed by atoms with E-state index in [2.05, 4.69) is 20.4 Å². The Morgan fingerprint density at radius 2 is 2.17 bits per heavy atom. The summed E-state index contributed by atoms with van der Waals surface area (Å²) in [7, 11) is 1.87. The van der Waals surface area contributed by atoms with Crippen LogP contribution in [0.15, 0.2) is 42.3 Å². The number of carbonyl (C=O) groups is 1. The number of aromatic nitrogens is 4. The molecule has 0 bridgehead atoms. The van der Waals surface area contributed by atoms with Crippen molar-refractivity contribution >= 4 is 22.4 Å². The molecular formula is C16H17N5OS. The smallest absolute Gasteiger partial charge is 0.229 e. The summed E-state index contributed by atoms with van der Waals surface area (Å²) in [5, 5.41) is 9.54. The fourth-order valence-corrected chi connectivity index (χ4v) is 2.96. The Morgan fingerprint density at radius 1 is 1.39 bits per heavy atom. The molecule has 23 heavy (non-hydrogen) atoms. The van der Waals surface area contributed by atoms with Crippen molar-refractivity contribution in [3.05, 3.63) is 47.9 Å². The van der Waals surface area contributed by atoms with Gasteiger partial charge in [-0.3, -0.25) is 14.5 Å². The molecule has 3 rings (SSSR count). The summed E-state index contributed by atoms with van der Waals surface area (Å²) in [5.74, 6) is -0.183. The molecule has 1 amide bonds. The van der Waals surface area contributed by atoms with Crippen molar-refractivity contribution in [2.75, 3.05) is 5.32 Å². The topological polar surface area (TPSA) is 72.7 Å². The molecule has 0 saturated heterocycles. The SMILES string of the molecule is CC(Cc1cnn(C)c1)C(=O)Nc1nc(-c2ccncc2)cs1. The third-order valence-corrected chi connectivity index (χ3v) is 4.22. The lowest BCUT2D eigenvalue weighted by atomic mass is 10.0. The lowest BCUT2D eigenvalue weighted by Crippen LogP contribution is -2.21. The molecule has 0 fully saturated rings. The van der Waals surface area contributed by atoms with Crippen LogP contribution >= 0.6 is 11.3 Å². The third-order valence-electron chi connectivity index (χ3n) is 3.46. The summed E-state index contributed by atoms with van der Waals surface area (Å²) in [4.78, 5) is 20.7. The van der Waals surface area contributed by atoms with Gasteiger partial charge in [-0.25, -0.2) is 4.98 Å². The van der Waals surface area contributed by atoms with Gasteiger partial charge in [0.1, 0.15) is 0 Å². The van der Waals surface area contributed by atoms with Gasteiger partial charge in [-0.2, -0.15) is 5.10 Å². The highest BCUT2D eigenvalue weighted by atomic mass is 32.1. The van der Waals surface area contributed by atoms with E-state index in [1.165, 1.54) is 11.3 Å². The Kier molecular flexibility index (Phi) is 4.47. The molecule has 0 aliphatic rings. The molecule has 6 nitrogen and oxygen atoms in total. The summed E-state index contributed by atoms with van der Waals surface area (Å²) in [5.41, 5.74) is 2.87. The van der Waals surface area contributed by atoms with Crippen LogP contribution in [-0.4, -0.2) is 25.7 Å². The number of pyridine rings is 1. The van der Waals surface area contributed by atoms with E-state index in [1.807, 2.05) is 37.7 Å². The molecule has 118 valence electrons. The minimum absolute atomic E-state index is 0.0375. The van der Waals surface area contributed by atoms with Crippen LogP contribution in [0.4, 0.5) is 5.13 Å². The molecule has 0 spiro atoms. The Morgan fingerprint density at radius 3 is 2.87 bits per heavy atom. The van der Waals surface area contributed by atoms with E-state index in [0.717, 1.165) is 16.8 Å². The van der Waals surface area contributed by atoms with E-state index < -0.39 is 0 Å². The average Bonchev–Trinajstić information content (AvgIpc) is 3.17. The molecule has 7 heteroatoms. The lowest BCUT2D eigenvalue weighted by Gasteiger charge is -2.09. The molecule has 3 aromatic rings. The predicted molar refractivity (Wildman–Crippen MR) is 90.1 cm³/mol. The maximum absolute atomic E-state index is 12.3. The average molecular weight is 327 g/mol. The number of amides is 1. The fourth-order valence-electron chi connectivity index (χ4n) is 2.24. The zero-order valence-electron chi connectivity index (χ0n) is 12.9. The zero-order chi connectivity index (χ0) is 16.2. The van der Waals surface area contributed by atoms with E-state index in [9.17, 15) is 4.79 Å². The van der Waals surface area contributed by atoms with Gasteiger partial charge in [0.15, 0.2) is 5.13 Å². The summed E-state index contributed by atoms with van der Waals surface area (Å²) < 4.78 is 1.74. The zero-order valence-corrected chi connectivity index (χ0v) is 13.7. The minimum Gasteiger partial charge on any atom is -0.302 e. The van der Waals surface area contributed by atoms with Crippen LogP contribution < -0.4 is 5.32 Å². The Labute approximate surface area is 138 Å². The molecule has 0 radical (unpaired) electrons. The quantitative estimate of drug-likeness (QED) is 0.782. The van der Waals surface area contributed by atoms with Crippen molar-refractivity contribution < 1.29 is 4.79 Å². The third kappa shape index (κ3) is 3.81. The van der Waals surface area contributed by atoms with Crippen LogP contribution in [0.3, 0.4) is 0 Å². The van der Waals surface area contributed by atoms with Crippen LogP contribution in [0.1, 0.15) is 12.5 Å². The van der Waals surface area contributed by atoms with Crippen molar-refractivity contribution in [2.24, 2.45) is 13.0 Å². The van der Waals surface area contributed by atoms with E-state index in [1.54, 1.807) is 23.3 Å². The van der Waals surface area contributed by atoms with Crippen molar-refractivity contribution in [1.29, 1.82) is 0 Å². The van der Waals surface area contributed by atoms with Gasteiger partial charge in [-0.05, 0) is 24.1 Å². The molecular weight excluding hydrogens is 310 g/mol. The van der Waals surface area contributed by atoms with Crippen LogP contribution in [0.2, 0.25) is 0 Å². The monoisotopic (exact) mass is 327 g/mol. The van der Waals surface area contributed by atoms with Gasteiger partial charge < -0.3 is 5.32 Å². The van der Waals surface area contributed by atoms with Gasteiger partial charge in [0.25, 0.3) is 0 Å². The van der Waals surface area contributed by atoms with E-state index in [0.29, 0.717) is 11.6 Å². The number of carbonyl (C=O) groups excluding carboxylic acids is 1. The Balaban J connectivity index is 1.63. The second-order valence-corrected chi connectivity index (χ2v) is 6.25. The van der Waals surface area contributed by atoms with Crippen LogP contribution in [0.25, 0.3) is 11.3 Å². The molecule has 3 heterocycles. The van der Waals surface area contributed by atoms with Crippen molar-refractivity contribution in [3.63, 3.8) is 0 Å². The lowest BCUT2D eigenvalue weighted by molar-refractivity contribution is -0.119. The van der Waals surface area contributed by atoms with Gasteiger partial charge in [0, 0.05) is 42.5 Å². The fraction of sp³-hybridized carbons (Fsp3) is 0.250. The molecule has 3 aromatic heterocycles. The number of thiazole rings is 1. The number of anilines is 1. The summed E-state index contributed by atoms with van der Waals surface area (Å²) in [6, 6.07) is 3.79. The number of hydrogen-bond acceptors (Lipinski definition) is 5. The van der Waals surface area contributed by atoms with E-state index in [-0.39, 0.29) is 11.8 Å². The Bertz CT molecular complexity index is 796. The summed E-state index contributed by atoms with van der Waals surface area (Å²) in [6.45, 7) is 1.90.